The molecule has 3 aromatic carbocycles. The first-order chi connectivity index (χ1) is 12.9. The van der Waals surface area contributed by atoms with Gasteiger partial charge in [0.15, 0.2) is 0 Å². The lowest BCUT2D eigenvalue weighted by atomic mass is 9.94. The van der Waals surface area contributed by atoms with Crippen LogP contribution in [0.15, 0.2) is 52.9 Å². The third-order valence-corrected chi connectivity index (χ3v) is 5.43. The Labute approximate surface area is 161 Å². The van der Waals surface area contributed by atoms with Gasteiger partial charge in [-0.2, -0.15) is 0 Å². The topological polar surface area (TPSA) is 13.1 Å². The van der Waals surface area contributed by atoms with Gasteiger partial charge in [-0.05, 0) is 63.8 Å². The van der Waals surface area contributed by atoms with Crippen LogP contribution in [0.25, 0.3) is 33.4 Å². The lowest BCUT2D eigenvalue weighted by Crippen LogP contribution is -1.90. The fourth-order valence-corrected chi connectivity index (χ4v) is 4.54. The minimum Gasteiger partial charge on any atom is -0.455 e. The number of hydrogen-bond donors (Lipinski definition) is 0. The minimum atomic E-state index is 0.981. The van der Waals surface area contributed by atoms with Crippen LogP contribution in [0.4, 0.5) is 0 Å². The van der Waals surface area contributed by atoms with Crippen molar-refractivity contribution in [1.29, 1.82) is 0 Å². The van der Waals surface area contributed by atoms with Crippen molar-refractivity contribution < 1.29 is 4.42 Å². The molecule has 0 bridgehead atoms. The minimum absolute atomic E-state index is 0.981. The number of furan rings is 1. The summed E-state index contributed by atoms with van der Waals surface area (Å²) in [6.07, 6.45) is 0. The summed E-state index contributed by atoms with van der Waals surface area (Å²) in [7, 11) is 0. The summed E-state index contributed by atoms with van der Waals surface area (Å²) in [6.45, 7) is 13.0. The molecule has 4 aromatic rings. The normalized spacial score (nSPS) is 11.3. The zero-order valence-corrected chi connectivity index (χ0v) is 17.0. The van der Waals surface area contributed by atoms with E-state index < -0.39 is 0 Å². The number of fused-ring (bicyclic) bond motifs is 1. The monoisotopic (exact) mass is 354 g/mol. The molecule has 27 heavy (non-hydrogen) atoms. The highest BCUT2D eigenvalue weighted by Crippen LogP contribution is 2.43. The maximum Gasteiger partial charge on any atom is 0.143 e. The fraction of sp³-hybridized carbons (Fsp3) is 0.231. The fourth-order valence-electron chi connectivity index (χ4n) is 4.54. The molecule has 0 atom stereocenters. The standard InChI is InChI=1S/C26H26O/c1-15-11-17(3)23(18(4)12-15)25-21-9-7-8-10-22(21)26(27-25)24-19(5)13-16(2)14-20(24)6/h7-14H,1-6H3. The Morgan fingerprint density at radius 1 is 0.519 bits per heavy atom. The van der Waals surface area contributed by atoms with Crippen LogP contribution < -0.4 is 0 Å². The van der Waals surface area contributed by atoms with E-state index in [9.17, 15) is 0 Å². The van der Waals surface area contributed by atoms with Gasteiger partial charge in [-0.1, -0.05) is 59.7 Å². The van der Waals surface area contributed by atoms with E-state index in [4.69, 9.17) is 4.42 Å². The van der Waals surface area contributed by atoms with Gasteiger partial charge >= 0.3 is 0 Å². The lowest BCUT2D eigenvalue weighted by Gasteiger charge is -2.11. The van der Waals surface area contributed by atoms with E-state index >= 15 is 0 Å². The number of hydrogen-bond acceptors (Lipinski definition) is 1. The first kappa shape index (κ1) is 17.6. The maximum absolute atomic E-state index is 6.64. The Morgan fingerprint density at radius 3 is 1.19 bits per heavy atom. The van der Waals surface area contributed by atoms with Gasteiger partial charge in [0.25, 0.3) is 0 Å². The van der Waals surface area contributed by atoms with Gasteiger partial charge in [0.05, 0.1) is 0 Å². The van der Waals surface area contributed by atoms with Crippen molar-refractivity contribution in [1.82, 2.24) is 0 Å². The molecule has 0 spiro atoms. The molecule has 0 aliphatic carbocycles. The molecule has 1 heterocycles. The smallest absolute Gasteiger partial charge is 0.143 e. The van der Waals surface area contributed by atoms with Crippen molar-refractivity contribution in [2.75, 3.05) is 0 Å². The second kappa shape index (κ2) is 6.42. The highest BCUT2D eigenvalue weighted by Gasteiger charge is 2.21. The molecule has 0 radical (unpaired) electrons. The summed E-state index contributed by atoms with van der Waals surface area (Å²) < 4.78 is 6.64. The number of benzene rings is 3. The maximum atomic E-state index is 6.64. The van der Waals surface area contributed by atoms with E-state index in [1.807, 2.05) is 0 Å². The summed E-state index contributed by atoms with van der Waals surface area (Å²) in [6, 6.07) is 17.5. The van der Waals surface area contributed by atoms with Crippen LogP contribution >= 0.6 is 0 Å². The Kier molecular flexibility index (Phi) is 4.19. The van der Waals surface area contributed by atoms with Crippen molar-refractivity contribution in [3.05, 3.63) is 81.9 Å². The Morgan fingerprint density at radius 2 is 0.852 bits per heavy atom. The van der Waals surface area contributed by atoms with Crippen molar-refractivity contribution >= 4 is 10.8 Å². The Bertz CT molecular complexity index is 1040. The predicted octanol–water partition coefficient (Wildman–Crippen LogP) is 7.62. The van der Waals surface area contributed by atoms with Gasteiger partial charge in [-0.3, -0.25) is 0 Å². The molecule has 0 aliphatic heterocycles. The average Bonchev–Trinajstić information content (AvgIpc) is 2.93. The summed E-state index contributed by atoms with van der Waals surface area (Å²) in [5, 5.41) is 2.36. The largest absolute Gasteiger partial charge is 0.455 e. The summed E-state index contributed by atoms with van der Waals surface area (Å²) in [5.74, 6) is 1.96. The first-order valence-electron chi connectivity index (χ1n) is 9.54. The lowest BCUT2D eigenvalue weighted by molar-refractivity contribution is 0.600. The van der Waals surface area contributed by atoms with Gasteiger partial charge < -0.3 is 4.42 Å². The highest BCUT2D eigenvalue weighted by molar-refractivity contribution is 6.04. The van der Waals surface area contributed by atoms with Crippen LogP contribution in [0.1, 0.15) is 33.4 Å². The third kappa shape index (κ3) is 2.88. The van der Waals surface area contributed by atoms with E-state index in [1.54, 1.807) is 0 Å². The Balaban J connectivity index is 2.08. The molecule has 0 amide bonds. The second-order valence-electron chi connectivity index (χ2n) is 7.85. The molecule has 1 nitrogen and oxygen atoms in total. The molecule has 0 fully saturated rings. The molecule has 0 N–H and O–H groups in total. The molecule has 1 aromatic heterocycles. The molecular formula is C26H26O. The highest BCUT2D eigenvalue weighted by atomic mass is 16.3. The van der Waals surface area contributed by atoms with Crippen molar-refractivity contribution in [2.45, 2.75) is 41.5 Å². The van der Waals surface area contributed by atoms with E-state index in [1.165, 1.54) is 55.3 Å². The van der Waals surface area contributed by atoms with Gasteiger partial charge in [0.1, 0.15) is 11.5 Å². The molecule has 0 aliphatic rings. The zero-order chi connectivity index (χ0) is 19.3. The Hall–Kier alpha value is -2.80. The first-order valence-corrected chi connectivity index (χ1v) is 9.54. The van der Waals surface area contributed by atoms with Crippen LogP contribution in [0.2, 0.25) is 0 Å². The van der Waals surface area contributed by atoms with E-state index in [-0.39, 0.29) is 0 Å². The average molecular weight is 354 g/mol. The quantitative estimate of drug-likeness (QED) is 0.361. The van der Waals surface area contributed by atoms with Gasteiger partial charge in [0.2, 0.25) is 0 Å². The van der Waals surface area contributed by atoms with Crippen LogP contribution in [0.3, 0.4) is 0 Å². The molecule has 136 valence electrons. The third-order valence-electron chi connectivity index (χ3n) is 5.43. The van der Waals surface area contributed by atoms with E-state index in [0.717, 1.165) is 11.5 Å². The predicted molar refractivity (Wildman–Crippen MR) is 116 cm³/mol. The SMILES string of the molecule is Cc1cc(C)c(-c2oc(-c3c(C)cc(C)cc3C)c3ccccc23)c(C)c1. The molecule has 4 rings (SSSR count). The van der Waals surface area contributed by atoms with Gasteiger partial charge in [-0.15, -0.1) is 0 Å². The molecule has 1 heteroatoms. The van der Waals surface area contributed by atoms with Crippen LogP contribution in [0.5, 0.6) is 0 Å². The summed E-state index contributed by atoms with van der Waals surface area (Å²) >= 11 is 0. The van der Waals surface area contributed by atoms with Crippen molar-refractivity contribution in [3.63, 3.8) is 0 Å². The summed E-state index contributed by atoms with van der Waals surface area (Å²) in [5.41, 5.74) is 10.0. The summed E-state index contributed by atoms with van der Waals surface area (Å²) in [4.78, 5) is 0. The van der Waals surface area contributed by atoms with Crippen LogP contribution in [-0.2, 0) is 0 Å². The van der Waals surface area contributed by atoms with E-state index in [0.29, 0.717) is 0 Å². The molecule has 0 saturated heterocycles. The number of rotatable bonds is 2. The number of aryl methyl sites for hydroxylation is 6. The zero-order valence-electron chi connectivity index (χ0n) is 17.0. The van der Waals surface area contributed by atoms with Gasteiger partial charge in [0, 0.05) is 21.9 Å². The van der Waals surface area contributed by atoms with Crippen molar-refractivity contribution in [3.8, 4) is 22.6 Å². The van der Waals surface area contributed by atoms with Crippen LogP contribution in [-0.4, -0.2) is 0 Å². The molecule has 0 unspecified atom stereocenters. The second-order valence-corrected chi connectivity index (χ2v) is 7.85. The van der Waals surface area contributed by atoms with E-state index in [2.05, 4.69) is 90.1 Å². The van der Waals surface area contributed by atoms with Crippen LogP contribution in [0, 0.1) is 41.5 Å². The van der Waals surface area contributed by atoms with Gasteiger partial charge in [-0.25, -0.2) is 0 Å². The molecular weight excluding hydrogens is 328 g/mol. The van der Waals surface area contributed by atoms with Crippen molar-refractivity contribution in [2.24, 2.45) is 0 Å². The molecule has 0 saturated carbocycles.